The second kappa shape index (κ2) is 14.9. The molecule has 0 spiro atoms. The zero-order valence-electron chi connectivity index (χ0n) is 27.2. The summed E-state index contributed by atoms with van der Waals surface area (Å²) < 4.78 is 19.9. The number of halogens is 1. The average molecular weight is 756 g/mol. The van der Waals surface area contributed by atoms with Crippen LogP contribution in [0.2, 0.25) is 0 Å². The van der Waals surface area contributed by atoms with Gasteiger partial charge in [-0.25, -0.2) is 4.99 Å². The van der Waals surface area contributed by atoms with Crippen LogP contribution in [-0.4, -0.2) is 29.1 Å². The average Bonchev–Trinajstić information content (AvgIpc) is 3.41. The summed E-state index contributed by atoms with van der Waals surface area (Å²) in [4.78, 5) is 43.8. The maximum absolute atomic E-state index is 14.2. The number of methoxy groups -OCH3 is 1. The highest BCUT2D eigenvalue weighted by molar-refractivity contribution is 9.10. The highest BCUT2D eigenvalue weighted by Crippen LogP contribution is 2.38. The van der Waals surface area contributed by atoms with Gasteiger partial charge >= 0.3 is 0 Å². The molecule has 0 aliphatic carbocycles. The van der Waals surface area contributed by atoms with Crippen molar-refractivity contribution in [1.29, 1.82) is 0 Å². The number of nitrogens with one attached hydrogen (secondary N) is 1. The fourth-order valence-electron chi connectivity index (χ4n) is 5.54. The number of amides is 1. The zero-order valence-corrected chi connectivity index (χ0v) is 29.6. The molecule has 4 aromatic carbocycles. The monoisotopic (exact) mass is 754 g/mol. The molecular formula is C37H31BrN4O7S. The van der Waals surface area contributed by atoms with Crippen LogP contribution in [0.5, 0.6) is 17.2 Å². The molecule has 6 rings (SSSR count). The summed E-state index contributed by atoms with van der Waals surface area (Å²) in [6, 6.07) is 25.4. The molecule has 11 nitrogen and oxygen atoms in total. The van der Waals surface area contributed by atoms with Crippen LogP contribution in [-0.2, 0) is 11.4 Å². The van der Waals surface area contributed by atoms with Gasteiger partial charge < -0.3 is 19.5 Å². The van der Waals surface area contributed by atoms with E-state index >= 15 is 0 Å². The number of carbonyl (C=O) groups excluding carboxylic acids is 1. The minimum Gasteiger partial charge on any atom is -0.494 e. The van der Waals surface area contributed by atoms with Crippen molar-refractivity contribution in [2.24, 2.45) is 4.99 Å². The number of para-hydroxylation sites is 1. The molecule has 0 unspecified atom stereocenters. The Hall–Kier alpha value is -5.53. The summed E-state index contributed by atoms with van der Waals surface area (Å²) in [5.74, 6) is 1.18. The molecule has 1 aliphatic rings. The number of fused-ring (bicyclic) bond motifs is 1. The predicted molar refractivity (Wildman–Crippen MR) is 195 cm³/mol. The Kier molecular flexibility index (Phi) is 10.3. The Morgan fingerprint density at radius 2 is 1.78 bits per heavy atom. The van der Waals surface area contributed by atoms with Crippen molar-refractivity contribution in [2.45, 2.75) is 26.5 Å². The number of non-ortho nitro benzene ring substituents is 1. The molecule has 1 amide bonds. The Morgan fingerprint density at radius 3 is 2.44 bits per heavy atom. The van der Waals surface area contributed by atoms with Crippen molar-refractivity contribution >= 4 is 50.6 Å². The number of nitrogens with zero attached hydrogens (tertiary/aromatic N) is 3. The number of hydrogen-bond donors (Lipinski definition) is 1. The second-order valence-electron chi connectivity index (χ2n) is 11.2. The fraction of sp³-hybridized carbons (Fsp3) is 0.162. The fourth-order valence-corrected chi connectivity index (χ4v) is 7.16. The van der Waals surface area contributed by atoms with Crippen LogP contribution in [0.3, 0.4) is 0 Å². The Labute approximate surface area is 299 Å². The van der Waals surface area contributed by atoms with Crippen LogP contribution in [0.15, 0.2) is 117 Å². The minimum atomic E-state index is -0.746. The van der Waals surface area contributed by atoms with Gasteiger partial charge in [0.1, 0.15) is 12.4 Å². The van der Waals surface area contributed by atoms with E-state index < -0.39 is 11.0 Å². The van der Waals surface area contributed by atoms with Gasteiger partial charge in [0.15, 0.2) is 16.3 Å². The van der Waals surface area contributed by atoms with E-state index in [1.54, 1.807) is 54.0 Å². The summed E-state index contributed by atoms with van der Waals surface area (Å²) >= 11 is 4.80. The molecule has 0 radical (unpaired) electrons. The van der Waals surface area contributed by atoms with Gasteiger partial charge in [-0.3, -0.25) is 24.3 Å². The van der Waals surface area contributed by atoms with Gasteiger partial charge in [-0.05, 0) is 101 Å². The topological polar surface area (TPSA) is 134 Å². The number of ether oxygens (including phenoxy) is 3. The number of nitro benzene ring substituents is 1. The summed E-state index contributed by atoms with van der Waals surface area (Å²) in [7, 11) is 1.51. The lowest BCUT2D eigenvalue weighted by Crippen LogP contribution is -2.40. The van der Waals surface area contributed by atoms with Crippen LogP contribution in [0.4, 0.5) is 11.4 Å². The van der Waals surface area contributed by atoms with Crippen LogP contribution >= 0.6 is 27.3 Å². The number of carbonyl (C=O) groups is 1. The van der Waals surface area contributed by atoms with Crippen molar-refractivity contribution in [2.75, 3.05) is 19.0 Å². The van der Waals surface area contributed by atoms with Crippen molar-refractivity contribution in [3.05, 3.63) is 153 Å². The van der Waals surface area contributed by atoms with E-state index in [0.717, 1.165) is 11.1 Å². The third-order valence-corrected chi connectivity index (χ3v) is 9.46. The number of nitro groups is 1. The van der Waals surface area contributed by atoms with E-state index in [9.17, 15) is 19.7 Å². The van der Waals surface area contributed by atoms with Gasteiger partial charge in [-0.1, -0.05) is 41.7 Å². The lowest BCUT2D eigenvalue weighted by Gasteiger charge is -2.25. The summed E-state index contributed by atoms with van der Waals surface area (Å²) in [5, 5.41) is 14.0. The molecule has 1 aromatic heterocycles. The molecule has 13 heteroatoms. The smallest absolute Gasteiger partial charge is 0.271 e. The Morgan fingerprint density at radius 1 is 1.06 bits per heavy atom. The molecule has 5 aromatic rings. The maximum atomic E-state index is 14.2. The molecule has 0 saturated carbocycles. The quantitative estimate of drug-likeness (QED) is 0.120. The number of hydrogen-bond acceptors (Lipinski definition) is 9. The van der Waals surface area contributed by atoms with Gasteiger partial charge in [0.05, 0.1) is 45.0 Å². The third kappa shape index (κ3) is 7.24. The number of rotatable bonds is 11. The molecule has 50 heavy (non-hydrogen) atoms. The molecule has 0 saturated heterocycles. The largest absolute Gasteiger partial charge is 0.494 e. The van der Waals surface area contributed by atoms with E-state index in [2.05, 4.69) is 21.2 Å². The summed E-state index contributed by atoms with van der Waals surface area (Å²) in [5.41, 5.74) is 3.31. The van der Waals surface area contributed by atoms with Crippen LogP contribution < -0.4 is 34.4 Å². The number of anilines is 1. The molecule has 2 heterocycles. The number of allylic oxidation sites excluding steroid dienone is 1. The third-order valence-electron chi connectivity index (χ3n) is 7.88. The van der Waals surface area contributed by atoms with Crippen molar-refractivity contribution in [3.8, 4) is 17.2 Å². The van der Waals surface area contributed by atoms with Gasteiger partial charge in [0.25, 0.3) is 17.2 Å². The van der Waals surface area contributed by atoms with Crippen molar-refractivity contribution in [1.82, 2.24) is 4.57 Å². The van der Waals surface area contributed by atoms with E-state index in [1.807, 2.05) is 49.4 Å². The lowest BCUT2D eigenvalue weighted by molar-refractivity contribution is -0.384. The van der Waals surface area contributed by atoms with Crippen LogP contribution in [0, 0.1) is 10.1 Å². The predicted octanol–water partition coefficient (Wildman–Crippen LogP) is 6.53. The maximum Gasteiger partial charge on any atom is 0.271 e. The summed E-state index contributed by atoms with van der Waals surface area (Å²) in [6.45, 7) is 4.33. The van der Waals surface area contributed by atoms with Crippen molar-refractivity contribution < 1.29 is 23.9 Å². The molecule has 0 fully saturated rings. The first-order chi connectivity index (χ1) is 24.2. The van der Waals surface area contributed by atoms with E-state index in [-0.39, 0.29) is 23.8 Å². The first-order valence-electron chi connectivity index (χ1n) is 15.5. The Bertz CT molecular complexity index is 2280. The van der Waals surface area contributed by atoms with Gasteiger partial charge in [0, 0.05) is 17.8 Å². The highest BCUT2D eigenvalue weighted by Gasteiger charge is 2.32. The minimum absolute atomic E-state index is 0.00483. The lowest BCUT2D eigenvalue weighted by atomic mass is 9.95. The standard InChI is InChI=1S/C37H31BrN4O7S/c1-4-48-28-16-12-25(13-17-28)33-32(35(43)40-26-8-6-5-7-9-26)22(2)39-37-41(33)36(44)31(50-37)20-24-18-29(38)34(30(19-24)47-3)49-21-23-10-14-27(15-11-23)42(45)46/h5-20,33H,4,21H2,1-3H3,(H,40,43)/b31-20-/t33-/m0/s1. The first-order valence-corrected chi connectivity index (χ1v) is 17.1. The van der Waals surface area contributed by atoms with Gasteiger partial charge in [-0.15, -0.1) is 0 Å². The Balaban J connectivity index is 1.37. The SMILES string of the molecule is CCOc1ccc([C@H]2C(C(=O)Nc3ccccc3)=C(C)N=c3s/c(=C\c4cc(Br)c(OCc5ccc([N+](=O)[O-])cc5)c(OC)c4)c(=O)n32)cc1. The summed E-state index contributed by atoms with van der Waals surface area (Å²) in [6.07, 6.45) is 1.75. The first kappa shape index (κ1) is 34.3. The van der Waals surface area contributed by atoms with E-state index in [1.165, 1.54) is 30.6 Å². The molecule has 1 N–H and O–H groups in total. The molecular weight excluding hydrogens is 724 g/mol. The number of benzene rings is 4. The zero-order chi connectivity index (χ0) is 35.4. The normalized spacial score (nSPS) is 14.1. The molecule has 0 bridgehead atoms. The van der Waals surface area contributed by atoms with Crippen LogP contribution in [0.1, 0.15) is 36.6 Å². The van der Waals surface area contributed by atoms with Gasteiger partial charge in [0.2, 0.25) is 0 Å². The number of aromatic nitrogens is 1. The number of thiazole rings is 1. The second-order valence-corrected chi connectivity index (χ2v) is 13.0. The van der Waals surface area contributed by atoms with Gasteiger partial charge in [-0.2, -0.15) is 0 Å². The molecule has 1 aliphatic heterocycles. The van der Waals surface area contributed by atoms with Crippen LogP contribution in [0.25, 0.3) is 6.08 Å². The molecule has 254 valence electrons. The molecule has 1 atom stereocenters. The highest BCUT2D eigenvalue weighted by atomic mass is 79.9. The van der Waals surface area contributed by atoms with E-state index in [4.69, 9.17) is 19.2 Å². The van der Waals surface area contributed by atoms with E-state index in [0.29, 0.717) is 60.2 Å². The van der Waals surface area contributed by atoms with Crippen molar-refractivity contribution in [3.63, 3.8) is 0 Å².